The quantitative estimate of drug-likeness (QED) is 0.805. The van der Waals surface area contributed by atoms with Crippen molar-refractivity contribution in [3.8, 4) is 0 Å². The van der Waals surface area contributed by atoms with Gasteiger partial charge in [0.1, 0.15) is 0 Å². The molecule has 130 valence electrons. The molecule has 0 bridgehead atoms. The summed E-state index contributed by atoms with van der Waals surface area (Å²) in [6, 6.07) is 10.5. The number of allylic oxidation sites excluding steroid dienone is 1. The number of amides is 1. The molecule has 0 radical (unpaired) electrons. The molecule has 0 spiro atoms. The molecule has 0 saturated carbocycles. The fourth-order valence-electron chi connectivity index (χ4n) is 3.51. The first-order chi connectivity index (χ1) is 11.7. The molecular formula is C20H28N2O2. The molecule has 0 aromatic heterocycles. The Kier molecular flexibility index (Phi) is 6.05. The molecule has 1 fully saturated rings. The molecule has 1 saturated heterocycles. The number of hydrogen-bond acceptors (Lipinski definition) is 3. The van der Waals surface area contributed by atoms with E-state index in [1.165, 1.54) is 5.56 Å². The summed E-state index contributed by atoms with van der Waals surface area (Å²) < 4.78 is 5.43. The SMILES string of the molecule is C[C@H](CN1CCOCC1)N(Cc1ccccc1)C(=O)C1=CCCC1. The van der Waals surface area contributed by atoms with Crippen LogP contribution in [-0.4, -0.2) is 54.6 Å². The summed E-state index contributed by atoms with van der Waals surface area (Å²) in [5, 5.41) is 0. The Morgan fingerprint density at radius 3 is 2.67 bits per heavy atom. The summed E-state index contributed by atoms with van der Waals surface area (Å²) >= 11 is 0. The maximum atomic E-state index is 13.0. The summed E-state index contributed by atoms with van der Waals surface area (Å²) in [5.74, 6) is 0.220. The topological polar surface area (TPSA) is 32.8 Å². The van der Waals surface area contributed by atoms with E-state index in [2.05, 4.69) is 34.9 Å². The third-order valence-electron chi connectivity index (χ3n) is 4.93. The minimum Gasteiger partial charge on any atom is -0.379 e. The fraction of sp³-hybridized carbons (Fsp3) is 0.550. The van der Waals surface area contributed by atoms with Crippen LogP contribution in [-0.2, 0) is 16.1 Å². The molecule has 1 aromatic carbocycles. The van der Waals surface area contributed by atoms with E-state index in [4.69, 9.17) is 4.74 Å². The molecule has 1 amide bonds. The predicted octanol–water partition coefficient (Wildman–Crippen LogP) is 2.85. The Hall–Kier alpha value is -1.65. The number of morpholine rings is 1. The average Bonchev–Trinajstić information content (AvgIpc) is 3.15. The van der Waals surface area contributed by atoms with Gasteiger partial charge in [-0.2, -0.15) is 0 Å². The van der Waals surface area contributed by atoms with Gasteiger partial charge in [0.15, 0.2) is 0 Å². The highest BCUT2D eigenvalue weighted by atomic mass is 16.5. The number of carbonyl (C=O) groups is 1. The highest BCUT2D eigenvalue weighted by Crippen LogP contribution is 2.22. The number of hydrogen-bond donors (Lipinski definition) is 0. The lowest BCUT2D eigenvalue weighted by molar-refractivity contribution is -0.130. The van der Waals surface area contributed by atoms with E-state index < -0.39 is 0 Å². The number of benzene rings is 1. The molecule has 1 heterocycles. The van der Waals surface area contributed by atoms with Crippen molar-refractivity contribution >= 4 is 5.91 Å². The van der Waals surface area contributed by atoms with Crippen molar-refractivity contribution < 1.29 is 9.53 Å². The number of carbonyl (C=O) groups excluding carboxylic acids is 1. The highest BCUT2D eigenvalue weighted by Gasteiger charge is 2.26. The zero-order chi connectivity index (χ0) is 16.8. The highest BCUT2D eigenvalue weighted by molar-refractivity contribution is 5.94. The summed E-state index contributed by atoms with van der Waals surface area (Å²) in [4.78, 5) is 17.5. The molecule has 1 atom stereocenters. The van der Waals surface area contributed by atoms with E-state index in [-0.39, 0.29) is 11.9 Å². The van der Waals surface area contributed by atoms with E-state index in [9.17, 15) is 4.79 Å². The normalized spacial score (nSPS) is 19.8. The lowest BCUT2D eigenvalue weighted by Gasteiger charge is -2.35. The van der Waals surface area contributed by atoms with Crippen LogP contribution < -0.4 is 0 Å². The zero-order valence-corrected chi connectivity index (χ0v) is 14.6. The van der Waals surface area contributed by atoms with Crippen molar-refractivity contribution in [1.82, 2.24) is 9.80 Å². The standard InChI is InChI=1S/C20H28N2O2/c1-17(15-21-11-13-24-14-12-21)22(16-18-7-3-2-4-8-18)20(23)19-9-5-6-10-19/h2-4,7-9,17H,5-6,10-16H2,1H3/t17-/m1/s1. The van der Waals surface area contributed by atoms with Crippen molar-refractivity contribution in [2.45, 2.75) is 38.8 Å². The Balaban J connectivity index is 1.71. The van der Waals surface area contributed by atoms with Crippen LogP contribution >= 0.6 is 0 Å². The van der Waals surface area contributed by atoms with E-state index >= 15 is 0 Å². The van der Waals surface area contributed by atoms with Gasteiger partial charge < -0.3 is 9.64 Å². The third kappa shape index (κ3) is 4.46. The van der Waals surface area contributed by atoms with Gasteiger partial charge in [0, 0.05) is 37.8 Å². The van der Waals surface area contributed by atoms with Gasteiger partial charge >= 0.3 is 0 Å². The first-order valence-corrected chi connectivity index (χ1v) is 9.08. The van der Waals surface area contributed by atoms with Crippen molar-refractivity contribution in [2.75, 3.05) is 32.8 Å². The van der Waals surface area contributed by atoms with Gasteiger partial charge in [-0.1, -0.05) is 36.4 Å². The maximum Gasteiger partial charge on any atom is 0.250 e. The van der Waals surface area contributed by atoms with Crippen molar-refractivity contribution in [1.29, 1.82) is 0 Å². The van der Waals surface area contributed by atoms with Crippen LogP contribution in [0.5, 0.6) is 0 Å². The van der Waals surface area contributed by atoms with Gasteiger partial charge in [-0.3, -0.25) is 9.69 Å². The van der Waals surface area contributed by atoms with Crippen molar-refractivity contribution in [2.24, 2.45) is 0 Å². The number of nitrogens with zero attached hydrogens (tertiary/aromatic N) is 2. The molecule has 2 aliphatic rings. The van der Waals surface area contributed by atoms with Crippen LogP contribution in [0.4, 0.5) is 0 Å². The van der Waals surface area contributed by atoms with Gasteiger partial charge in [-0.15, -0.1) is 0 Å². The predicted molar refractivity (Wildman–Crippen MR) is 95.6 cm³/mol. The van der Waals surface area contributed by atoms with Crippen LogP contribution in [0.2, 0.25) is 0 Å². The second kappa shape index (κ2) is 8.45. The van der Waals surface area contributed by atoms with Crippen LogP contribution in [0.25, 0.3) is 0 Å². The molecule has 1 aromatic rings. The fourth-order valence-corrected chi connectivity index (χ4v) is 3.51. The van der Waals surface area contributed by atoms with E-state index in [0.29, 0.717) is 6.54 Å². The van der Waals surface area contributed by atoms with Gasteiger partial charge in [0.25, 0.3) is 0 Å². The van der Waals surface area contributed by atoms with Gasteiger partial charge in [-0.25, -0.2) is 0 Å². The Labute approximate surface area is 145 Å². The van der Waals surface area contributed by atoms with Gasteiger partial charge in [0.2, 0.25) is 5.91 Å². The first kappa shape index (κ1) is 17.2. The third-order valence-corrected chi connectivity index (χ3v) is 4.93. The van der Waals surface area contributed by atoms with Crippen molar-refractivity contribution in [3.63, 3.8) is 0 Å². The Bertz CT molecular complexity index is 564. The molecular weight excluding hydrogens is 300 g/mol. The monoisotopic (exact) mass is 328 g/mol. The van der Waals surface area contributed by atoms with Crippen LogP contribution in [0.15, 0.2) is 42.0 Å². The van der Waals surface area contributed by atoms with Gasteiger partial charge in [0.05, 0.1) is 13.2 Å². The molecule has 1 aliphatic carbocycles. The number of ether oxygens (including phenoxy) is 1. The van der Waals surface area contributed by atoms with E-state index in [1.807, 2.05) is 18.2 Å². The maximum absolute atomic E-state index is 13.0. The second-order valence-corrected chi connectivity index (χ2v) is 6.80. The lowest BCUT2D eigenvalue weighted by Crippen LogP contribution is -2.48. The Morgan fingerprint density at radius 1 is 1.25 bits per heavy atom. The first-order valence-electron chi connectivity index (χ1n) is 9.08. The molecule has 24 heavy (non-hydrogen) atoms. The number of rotatable bonds is 6. The minimum absolute atomic E-state index is 0.192. The van der Waals surface area contributed by atoms with Crippen LogP contribution in [0, 0.1) is 0 Å². The van der Waals surface area contributed by atoms with Crippen LogP contribution in [0.1, 0.15) is 31.7 Å². The Morgan fingerprint density at radius 2 is 2.00 bits per heavy atom. The lowest BCUT2D eigenvalue weighted by atomic mass is 10.1. The molecule has 4 nitrogen and oxygen atoms in total. The molecule has 0 unspecified atom stereocenters. The minimum atomic E-state index is 0.192. The largest absolute Gasteiger partial charge is 0.379 e. The van der Waals surface area contributed by atoms with E-state index in [1.54, 1.807) is 0 Å². The molecule has 3 rings (SSSR count). The zero-order valence-electron chi connectivity index (χ0n) is 14.6. The second-order valence-electron chi connectivity index (χ2n) is 6.80. The smallest absolute Gasteiger partial charge is 0.250 e. The van der Waals surface area contributed by atoms with Crippen molar-refractivity contribution in [3.05, 3.63) is 47.5 Å². The molecule has 0 N–H and O–H groups in total. The average molecular weight is 328 g/mol. The van der Waals surface area contributed by atoms with E-state index in [0.717, 1.165) is 57.7 Å². The summed E-state index contributed by atoms with van der Waals surface area (Å²) in [7, 11) is 0. The molecule has 4 heteroatoms. The summed E-state index contributed by atoms with van der Waals surface area (Å²) in [6.45, 7) is 7.28. The molecule has 1 aliphatic heterocycles. The van der Waals surface area contributed by atoms with Gasteiger partial charge in [-0.05, 0) is 31.7 Å². The van der Waals surface area contributed by atoms with Crippen LogP contribution in [0.3, 0.4) is 0 Å². The summed E-state index contributed by atoms with van der Waals surface area (Å²) in [5.41, 5.74) is 2.19. The summed E-state index contributed by atoms with van der Waals surface area (Å²) in [6.07, 6.45) is 5.20.